The molecular formula is C14H28O3Si. The molecule has 0 unspecified atom stereocenters. The Morgan fingerprint density at radius 2 is 1.72 bits per heavy atom. The predicted octanol–water partition coefficient (Wildman–Crippen LogP) is 4.06. The summed E-state index contributed by atoms with van der Waals surface area (Å²) >= 11 is 0. The normalized spacial score (nSPS) is 18.7. The lowest BCUT2D eigenvalue weighted by molar-refractivity contribution is -0.157. The molecule has 0 amide bonds. The first-order valence-electron chi connectivity index (χ1n) is 6.45. The molecule has 0 bridgehead atoms. The number of allylic oxidation sites excluding steroid dienone is 1. The summed E-state index contributed by atoms with van der Waals surface area (Å²) in [6, 6.07) is 0. The van der Waals surface area contributed by atoms with Crippen molar-refractivity contribution in [2.75, 3.05) is 0 Å². The summed E-state index contributed by atoms with van der Waals surface area (Å²) in [6.07, 6.45) is 3.77. The molecule has 0 aromatic heterocycles. The lowest BCUT2D eigenvalue weighted by Gasteiger charge is -2.44. The molecule has 0 aromatic carbocycles. The zero-order valence-corrected chi connectivity index (χ0v) is 14.0. The minimum atomic E-state index is -2.11. The average Bonchev–Trinajstić information content (AvgIpc) is 2.14. The molecule has 0 aromatic rings. The molecule has 4 heteroatoms. The topological polar surface area (TPSA) is 46.5 Å². The highest BCUT2D eigenvalue weighted by molar-refractivity contribution is 6.74. The van der Waals surface area contributed by atoms with Crippen LogP contribution in [0.2, 0.25) is 18.1 Å². The number of aliphatic carboxylic acids is 1. The maximum absolute atomic E-state index is 11.6. The third-order valence-corrected chi connectivity index (χ3v) is 8.59. The van der Waals surface area contributed by atoms with Gasteiger partial charge in [0, 0.05) is 5.92 Å². The highest BCUT2D eigenvalue weighted by Crippen LogP contribution is 2.41. The molecule has 106 valence electrons. The first-order valence-corrected chi connectivity index (χ1v) is 9.35. The molecule has 0 saturated heterocycles. The summed E-state index contributed by atoms with van der Waals surface area (Å²) in [4.78, 5) is 11.6. The number of hydrogen-bond donors (Lipinski definition) is 1. The van der Waals surface area contributed by atoms with Gasteiger partial charge in [-0.3, -0.25) is 0 Å². The number of carboxylic acids is 1. The second-order valence-corrected chi connectivity index (χ2v) is 11.3. The molecule has 0 radical (unpaired) electrons. The Labute approximate surface area is 112 Å². The Morgan fingerprint density at radius 1 is 1.28 bits per heavy atom. The van der Waals surface area contributed by atoms with Crippen LogP contribution in [0.3, 0.4) is 0 Å². The fraction of sp³-hybridized carbons (Fsp3) is 0.786. The fourth-order valence-electron chi connectivity index (χ4n) is 1.49. The van der Waals surface area contributed by atoms with Crippen molar-refractivity contribution < 1.29 is 14.3 Å². The Hall–Kier alpha value is -0.613. The van der Waals surface area contributed by atoms with Crippen molar-refractivity contribution >= 4 is 14.3 Å². The minimum absolute atomic E-state index is 0.000636. The third kappa shape index (κ3) is 3.69. The van der Waals surface area contributed by atoms with Crippen molar-refractivity contribution in [2.45, 2.75) is 65.3 Å². The van der Waals surface area contributed by atoms with Crippen molar-refractivity contribution in [1.29, 1.82) is 0 Å². The molecule has 18 heavy (non-hydrogen) atoms. The smallest absolute Gasteiger partial charge is 0.335 e. The van der Waals surface area contributed by atoms with Gasteiger partial charge in [0.05, 0.1) is 0 Å². The van der Waals surface area contributed by atoms with E-state index in [1.165, 1.54) is 0 Å². The SMILES string of the molecule is C/C=C/[C@@H](C)[C@](C)(O[Si](C)(C)C(C)(C)C)C(=O)O. The molecule has 0 aliphatic rings. The van der Waals surface area contributed by atoms with Crippen LogP contribution in [0.4, 0.5) is 0 Å². The Morgan fingerprint density at radius 3 is 2.00 bits per heavy atom. The summed E-state index contributed by atoms with van der Waals surface area (Å²) in [5.74, 6) is -1.05. The molecule has 0 aliphatic carbocycles. The van der Waals surface area contributed by atoms with Gasteiger partial charge in [0.25, 0.3) is 0 Å². The quantitative estimate of drug-likeness (QED) is 0.606. The summed E-state index contributed by atoms with van der Waals surface area (Å²) in [7, 11) is -2.11. The van der Waals surface area contributed by atoms with Crippen LogP contribution in [0.15, 0.2) is 12.2 Å². The van der Waals surface area contributed by atoms with E-state index in [0.717, 1.165) is 0 Å². The molecular weight excluding hydrogens is 244 g/mol. The number of hydrogen-bond acceptors (Lipinski definition) is 2. The van der Waals surface area contributed by atoms with Crippen LogP contribution in [-0.2, 0) is 9.22 Å². The number of carbonyl (C=O) groups is 1. The van der Waals surface area contributed by atoms with Gasteiger partial charge in [-0.05, 0) is 32.0 Å². The van der Waals surface area contributed by atoms with Crippen molar-refractivity contribution in [3.05, 3.63) is 12.2 Å². The van der Waals surface area contributed by atoms with E-state index in [1.54, 1.807) is 6.92 Å². The van der Waals surface area contributed by atoms with Crippen LogP contribution in [0.5, 0.6) is 0 Å². The highest BCUT2D eigenvalue weighted by atomic mass is 28.4. The van der Waals surface area contributed by atoms with E-state index < -0.39 is 19.9 Å². The molecule has 1 N–H and O–H groups in total. The second kappa shape index (κ2) is 5.57. The standard InChI is InChI=1S/C14H28O3Si/c1-9-10-11(2)14(6,12(15)16)17-18(7,8)13(3,4)5/h9-11H,1-8H3,(H,15,16)/b10-9+/t11-,14+/m1/s1. The van der Waals surface area contributed by atoms with E-state index in [-0.39, 0.29) is 11.0 Å². The fourth-order valence-corrected chi connectivity index (χ4v) is 3.13. The number of carboxylic acid groups (broad SMARTS) is 1. The zero-order valence-electron chi connectivity index (χ0n) is 13.0. The van der Waals surface area contributed by atoms with Gasteiger partial charge in [0.1, 0.15) is 0 Å². The van der Waals surface area contributed by atoms with Crippen LogP contribution in [0.1, 0.15) is 41.5 Å². The largest absolute Gasteiger partial charge is 0.479 e. The van der Waals surface area contributed by atoms with E-state index in [9.17, 15) is 9.90 Å². The third-order valence-electron chi connectivity index (χ3n) is 4.05. The van der Waals surface area contributed by atoms with E-state index >= 15 is 0 Å². The van der Waals surface area contributed by atoms with Gasteiger partial charge in [0.2, 0.25) is 0 Å². The molecule has 0 fully saturated rings. The van der Waals surface area contributed by atoms with E-state index in [1.807, 2.05) is 26.0 Å². The predicted molar refractivity (Wildman–Crippen MR) is 78.3 cm³/mol. The molecule has 0 aliphatic heterocycles. The van der Waals surface area contributed by atoms with Gasteiger partial charge in [-0.1, -0.05) is 39.8 Å². The van der Waals surface area contributed by atoms with Crippen LogP contribution >= 0.6 is 0 Å². The van der Waals surface area contributed by atoms with Crippen molar-refractivity contribution in [3.8, 4) is 0 Å². The lowest BCUT2D eigenvalue weighted by atomic mass is 9.91. The van der Waals surface area contributed by atoms with Crippen molar-refractivity contribution in [2.24, 2.45) is 5.92 Å². The first-order chi connectivity index (χ1) is 7.88. The van der Waals surface area contributed by atoms with Crippen LogP contribution < -0.4 is 0 Å². The monoisotopic (exact) mass is 272 g/mol. The lowest BCUT2D eigenvalue weighted by Crippen LogP contribution is -2.54. The minimum Gasteiger partial charge on any atom is -0.479 e. The van der Waals surface area contributed by atoms with Gasteiger partial charge in [-0.25, -0.2) is 4.79 Å². The maximum Gasteiger partial charge on any atom is 0.335 e. The molecule has 3 nitrogen and oxygen atoms in total. The summed E-state index contributed by atoms with van der Waals surface area (Å²) in [5.41, 5.74) is -1.16. The van der Waals surface area contributed by atoms with Gasteiger partial charge < -0.3 is 9.53 Å². The molecule has 0 spiro atoms. The average molecular weight is 272 g/mol. The van der Waals surface area contributed by atoms with Gasteiger partial charge >= 0.3 is 5.97 Å². The second-order valence-electron chi connectivity index (χ2n) is 6.59. The van der Waals surface area contributed by atoms with E-state index in [4.69, 9.17) is 4.43 Å². The Balaban J connectivity index is 5.35. The Kier molecular flexibility index (Phi) is 5.38. The van der Waals surface area contributed by atoms with Crippen LogP contribution in [-0.4, -0.2) is 25.0 Å². The van der Waals surface area contributed by atoms with E-state index in [0.29, 0.717) is 0 Å². The molecule has 0 heterocycles. The Bertz CT molecular complexity index is 328. The van der Waals surface area contributed by atoms with Crippen LogP contribution in [0.25, 0.3) is 0 Å². The molecule has 2 atom stereocenters. The van der Waals surface area contributed by atoms with Crippen LogP contribution in [0, 0.1) is 5.92 Å². The van der Waals surface area contributed by atoms with Gasteiger partial charge in [-0.15, -0.1) is 0 Å². The summed E-state index contributed by atoms with van der Waals surface area (Å²) < 4.78 is 6.15. The van der Waals surface area contributed by atoms with Crippen molar-refractivity contribution in [1.82, 2.24) is 0 Å². The first kappa shape index (κ1) is 17.4. The van der Waals surface area contributed by atoms with Gasteiger partial charge in [-0.2, -0.15) is 0 Å². The maximum atomic E-state index is 11.6. The van der Waals surface area contributed by atoms with E-state index in [2.05, 4.69) is 33.9 Å². The zero-order chi connectivity index (χ0) is 14.8. The van der Waals surface area contributed by atoms with Crippen molar-refractivity contribution in [3.63, 3.8) is 0 Å². The highest BCUT2D eigenvalue weighted by Gasteiger charge is 2.48. The summed E-state index contributed by atoms with van der Waals surface area (Å²) in [5, 5.41) is 9.52. The molecule has 0 saturated carbocycles. The van der Waals surface area contributed by atoms with Gasteiger partial charge in [0.15, 0.2) is 13.9 Å². The molecule has 0 rings (SSSR count). The number of rotatable bonds is 5. The summed E-state index contributed by atoms with van der Waals surface area (Å²) in [6.45, 7) is 16.0.